The van der Waals surface area contributed by atoms with Crippen molar-refractivity contribution in [1.82, 2.24) is 15.4 Å². The molecule has 1 fully saturated rings. The van der Waals surface area contributed by atoms with Gasteiger partial charge >= 0.3 is 0 Å². The van der Waals surface area contributed by atoms with Gasteiger partial charge in [0.05, 0.1) is 11.3 Å². The van der Waals surface area contributed by atoms with E-state index < -0.39 is 0 Å². The average Bonchev–Trinajstić information content (AvgIpc) is 3.01. The highest BCUT2D eigenvalue weighted by Gasteiger charge is 2.37. The number of thioether (sulfide) groups is 1. The molecular formula is C23H29N3O3S. The number of rotatable bonds is 3. The number of phenols is 1. The van der Waals surface area contributed by atoms with Gasteiger partial charge in [0.25, 0.3) is 11.8 Å². The van der Waals surface area contributed by atoms with E-state index in [1.165, 1.54) is 23.0 Å². The smallest absolute Gasteiger partial charge is 0.271 e. The van der Waals surface area contributed by atoms with Crippen molar-refractivity contribution in [2.24, 2.45) is 0 Å². The van der Waals surface area contributed by atoms with E-state index in [4.69, 9.17) is 0 Å². The number of aromatic hydroxyl groups is 1. The standard InChI is InChI=1S/C23H29N3O3S/c1-22(2,3)16-10-15(11-17(19(16)28)23(4,5)6)21-26(18(27)13-30-21)25-20(29)14-8-7-9-24-12-14/h7-12,21,28H,13H2,1-6H3,(H,25,29). The first-order valence-corrected chi connectivity index (χ1v) is 11.0. The Morgan fingerprint density at radius 3 is 2.27 bits per heavy atom. The summed E-state index contributed by atoms with van der Waals surface area (Å²) in [5, 5.41) is 12.0. The summed E-state index contributed by atoms with van der Waals surface area (Å²) in [4.78, 5) is 29.2. The third-order valence-corrected chi connectivity index (χ3v) is 6.26. The quantitative estimate of drug-likeness (QED) is 0.763. The van der Waals surface area contributed by atoms with E-state index in [0.29, 0.717) is 11.3 Å². The first kappa shape index (κ1) is 22.2. The number of nitrogens with one attached hydrogen (secondary N) is 1. The van der Waals surface area contributed by atoms with E-state index in [0.717, 1.165) is 16.7 Å². The molecule has 0 radical (unpaired) electrons. The Balaban J connectivity index is 2.02. The lowest BCUT2D eigenvalue weighted by molar-refractivity contribution is -0.130. The Morgan fingerprint density at radius 1 is 1.17 bits per heavy atom. The number of carbonyl (C=O) groups is 2. The largest absolute Gasteiger partial charge is 0.507 e. The monoisotopic (exact) mass is 427 g/mol. The van der Waals surface area contributed by atoms with E-state index in [1.54, 1.807) is 18.3 Å². The summed E-state index contributed by atoms with van der Waals surface area (Å²) in [5.41, 5.74) is 5.10. The van der Waals surface area contributed by atoms with Crippen LogP contribution in [0, 0.1) is 0 Å². The SMILES string of the molecule is CC(C)(C)c1cc(C2SCC(=O)N2NC(=O)c2cccnc2)cc(C(C)(C)C)c1O. The van der Waals surface area contributed by atoms with Crippen molar-refractivity contribution in [3.05, 3.63) is 58.9 Å². The molecular weight excluding hydrogens is 398 g/mol. The second kappa shape index (κ2) is 7.95. The highest BCUT2D eigenvalue weighted by molar-refractivity contribution is 8.00. The zero-order valence-corrected chi connectivity index (χ0v) is 19.1. The molecule has 1 aliphatic rings. The lowest BCUT2D eigenvalue weighted by atomic mass is 9.78. The van der Waals surface area contributed by atoms with Gasteiger partial charge in [-0.1, -0.05) is 41.5 Å². The minimum atomic E-state index is -0.380. The third kappa shape index (κ3) is 4.46. The number of hydrazine groups is 1. The van der Waals surface area contributed by atoms with Gasteiger partial charge in [-0.2, -0.15) is 0 Å². The molecule has 0 bridgehead atoms. The Kier molecular flexibility index (Phi) is 5.87. The molecule has 3 rings (SSSR count). The van der Waals surface area contributed by atoms with Crippen LogP contribution in [0.15, 0.2) is 36.7 Å². The maximum absolute atomic E-state index is 12.6. The maximum Gasteiger partial charge on any atom is 0.271 e. The highest BCUT2D eigenvalue weighted by Crippen LogP contribution is 2.45. The Bertz CT molecular complexity index is 927. The summed E-state index contributed by atoms with van der Waals surface area (Å²) in [5.74, 6) is 0.0212. The van der Waals surface area contributed by atoms with Crippen LogP contribution in [-0.2, 0) is 15.6 Å². The molecule has 2 N–H and O–H groups in total. The van der Waals surface area contributed by atoms with Crippen LogP contribution in [0.2, 0.25) is 0 Å². The van der Waals surface area contributed by atoms with Crippen molar-refractivity contribution < 1.29 is 14.7 Å². The van der Waals surface area contributed by atoms with Crippen LogP contribution in [0.3, 0.4) is 0 Å². The summed E-state index contributed by atoms with van der Waals surface area (Å²) in [6.45, 7) is 12.3. The molecule has 6 nitrogen and oxygen atoms in total. The fourth-order valence-corrected chi connectivity index (χ4v) is 4.49. The Hall–Kier alpha value is -2.54. The summed E-state index contributed by atoms with van der Waals surface area (Å²) in [7, 11) is 0. The molecule has 0 saturated carbocycles. The Morgan fingerprint density at radius 2 is 1.77 bits per heavy atom. The number of phenolic OH excluding ortho intramolecular Hbond substituents is 1. The lowest BCUT2D eigenvalue weighted by Gasteiger charge is -2.31. The topological polar surface area (TPSA) is 82.5 Å². The van der Waals surface area contributed by atoms with Gasteiger partial charge in [0.1, 0.15) is 11.1 Å². The normalized spacial score (nSPS) is 17.3. The van der Waals surface area contributed by atoms with E-state index in [-0.39, 0.29) is 33.8 Å². The van der Waals surface area contributed by atoms with Crippen molar-refractivity contribution in [2.45, 2.75) is 57.7 Å². The molecule has 1 unspecified atom stereocenters. The van der Waals surface area contributed by atoms with Crippen LogP contribution in [0.5, 0.6) is 5.75 Å². The van der Waals surface area contributed by atoms with Crippen LogP contribution in [-0.4, -0.2) is 32.7 Å². The molecule has 0 spiro atoms. The molecule has 1 aromatic carbocycles. The van der Waals surface area contributed by atoms with Crippen molar-refractivity contribution in [1.29, 1.82) is 0 Å². The van der Waals surface area contributed by atoms with Crippen LogP contribution >= 0.6 is 11.8 Å². The zero-order chi connectivity index (χ0) is 22.3. The van der Waals surface area contributed by atoms with Crippen LogP contribution in [0.4, 0.5) is 0 Å². The summed E-state index contributed by atoms with van der Waals surface area (Å²) in [6, 6.07) is 7.23. The number of amides is 2. The first-order chi connectivity index (χ1) is 13.9. The average molecular weight is 428 g/mol. The molecule has 0 aliphatic carbocycles. The third-order valence-electron chi connectivity index (χ3n) is 5.05. The molecule has 2 aromatic rings. The predicted molar refractivity (Wildman–Crippen MR) is 119 cm³/mol. The van der Waals surface area contributed by atoms with E-state index >= 15 is 0 Å². The molecule has 1 aromatic heterocycles. The van der Waals surface area contributed by atoms with Gasteiger partial charge in [-0.3, -0.25) is 20.0 Å². The number of nitrogens with zero attached hydrogens (tertiary/aromatic N) is 2. The lowest BCUT2D eigenvalue weighted by Crippen LogP contribution is -2.44. The number of aromatic nitrogens is 1. The van der Waals surface area contributed by atoms with E-state index in [2.05, 4.69) is 10.4 Å². The predicted octanol–water partition coefficient (Wildman–Crippen LogP) is 4.30. The molecule has 1 aliphatic heterocycles. The van der Waals surface area contributed by atoms with Crippen molar-refractivity contribution in [3.8, 4) is 5.75 Å². The van der Waals surface area contributed by atoms with E-state index in [1.807, 2.05) is 53.7 Å². The second-order valence-corrected chi connectivity index (χ2v) is 10.6. The minimum Gasteiger partial charge on any atom is -0.507 e. The van der Waals surface area contributed by atoms with Crippen LogP contribution < -0.4 is 5.43 Å². The Labute approximate surface area is 182 Å². The van der Waals surface area contributed by atoms with Gasteiger partial charge in [-0.05, 0) is 51.8 Å². The van der Waals surface area contributed by atoms with Crippen molar-refractivity contribution in [2.75, 3.05) is 5.75 Å². The minimum absolute atomic E-state index is 0.162. The van der Waals surface area contributed by atoms with E-state index in [9.17, 15) is 14.7 Å². The summed E-state index contributed by atoms with van der Waals surface area (Å²) < 4.78 is 0. The zero-order valence-electron chi connectivity index (χ0n) is 18.3. The fraction of sp³-hybridized carbons (Fsp3) is 0.435. The highest BCUT2D eigenvalue weighted by atomic mass is 32.2. The second-order valence-electron chi connectivity index (χ2n) is 9.57. The number of carbonyl (C=O) groups excluding carboxylic acids is 2. The number of hydrogen-bond donors (Lipinski definition) is 2. The molecule has 1 saturated heterocycles. The summed E-state index contributed by atoms with van der Waals surface area (Å²) in [6.07, 6.45) is 3.06. The van der Waals surface area contributed by atoms with Gasteiger partial charge < -0.3 is 5.11 Å². The maximum atomic E-state index is 12.6. The molecule has 1 atom stereocenters. The van der Waals surface area contributed by atoms with Gasteiger partial charge in [0, 0.05) is 12.4 Å². The van der Waals surface area contributed by atoms with Crippen molar-refractivity contribution in [3.63, 3.8) is 0 Å². The summed E-state index contributed by atoms with van der Waals surface area (Å²) >= 11 is 1.46. The van der Waals surface area contributed by atoms with Gasteiger partial charge in [0.2, 0.25) is 0 Å². The number of hydrogen-bond acceptors (Lipinski definition) is 5. The molecule has 2 heterocycles. The van der Waals surface area contributed by atoms with Crippen LogP contribution in [0.1, 0.15) is 74.0 Å². The van der Waals surface area contributed by atoms with Gasteiger partial charge in [-0.25, -0.2) is 5.01 Å². The number of benzene rings is 1. The van der Waals surface area contributed by atoms with Crippen molar-refractivity contribution >= 4 is 23.6 Å². The molecule has 2 amide bonds. The molecule has 30 heavy (non-hydrogen) atoms. The first-order valence-electron chi connectivity index (χ1n) is 9.92. The molecule has 7 heteroatoms. The van der Waals surface area contributed by atoms with Gasteiger partial charge in [-0.15, -0.1) is 11.8 Å². The molecule has 160 valence electrons. The van der Waals surface area contributed by atoms with Gasteiger partial charge in [0.15, 0.2) is 0 Å². The fourth-order valence-electron chi connectivity index (χ4n) is 3.41. The number of pyridine rings is 1. The van der Waals surface area contributed by atoms with Crippen LogP contribution in [0.25, 0.3) is 0 Å².